The molecule has 5 aromatic carbocycles. The zero-order chi connectivity index (χ0) is 23.1. The molecule has 0 radical (unpaired) electrons. The van der Waals surface area contributed by atoms with E-state index >= 15 is 0 Å². The van der Waals surface area contributed by atoms with Crippen LogP contribution in [0.15, 0.2) is 127 Å². The van der Waals surface area contributed by atoms with Crippen molar-refractivity contribution in [1.29, 1.82) is 0 Å². The molecule has 0 atom stereocenters. The first kappa shape index (κ1) is 20.5. The van der Waals surface area contributed by atoms with Crippen molar-refractivity contribution >= 4 is 11.4 Å². The van der Waals surface area contributed by atoms with Gasteiger partial charge in [0.15, 0.2) is 0 Å². The van der Waals surface area contributed by atoms with E-state index < -0.39 is 0 Å². The summed E-state index contributed by atoms with van der Waals surface area (Å²) in [4.78, 5) is 2.28. The van der Waals surface area contributed by atoms with Crippen molar-refractivity contribution in [1.82, 2.24) is 0 Å². The Kier molecular flexibility index (Phi) is 4.85. The fourth-order valence-corrected chi connectivity index (χ4v) is 5.56. The molecule has 164 valence electrons. The van der Waals surface area contributed by atoms with Gasteiger partial charge >= 0.3 is 0 Å². The minimum atomic E-state index is -0.363. The fraction of sp³-hybridized carbons (Fsp3) is 0.0909. The molecule has 0 bridgehead atoms. The van der Waals surface area contributed by atoms with Crippen LogP contribution in [0.1, 0.15) is 27.8 Å². The molecule has 0 amide bonds. The fourth-order valence-electron chi connectivity index (χ4n) is 5.56. The Morgan fingerprint density at radius 1 is 0.500 bits per heavy atom. The van der Waals surface area contributed by atoms with Crippen LogP contribution in [0.2, 0.25) is 0 Å². The summed E-state index contributed by atoms with van der Waals surface area (Å²) in [5, 5.41) is 0. The van der Waals surface area contributed by atoms with Crippen LogP contribution in [0.25, 0.3) is 11.1 Å². The maximum Gasteiger partial charge on any atom is 0.0714 e. The topological polar surface area (TPSA) is 3.24 Å². The standard InChI is InChI=1S/C33H27N/c1-24-17-19-27(20-18-24)34(2)28-21-22-30-29-15-9-10-16-31(29)33(32(30)23-28,25-11-5-3-6-12-25)26-13-7-4-8-14-26/h3-23H,1-2H3. The smallest absolute Gasteiger partial charge is 0.0714 e. The van der Waals surface area contributed by atoms with Crippen molar-refractivity contribution in [2.45, 2.75) is 12.3 Å². The summed E-state index contributed by atoms with van der Waals surface area (Å²) in [6.45, 7) is 2.13. The third-order valence-corrected chi connectivity index (χ3v) is 7.25. The summed E-state index contributed by atoms with van der Waals surface area (Å²) in [5.74, 6) is 0. The lowest BCUT2D eigenvalue weighted by molar-refractivity contribution is 0.768. The van der Waals surface area contributed by atoms with Crippen molar-refractivity contribution in [2.24, 2.45) is 0 Å². The monoisotopic (exact) mass is 437 g/mol. The van der Waals surface area contributed by atoms with Gasteiger partial charge in [0.25, 0.3) is 0 Å². The average molecular weight is 438 g/mol. The van der Waals surface area contributed by atoms with Gasteiger partial charge in [-0.15, -0.1) is 0 Å². The molecule has 0 unspecified atom stereocenters. The minimum Gasteiger partial charge on any atom is -0.345 e. The Hall–Kier alpha value is -4.10. The van der Waals surface area contributed by atoms with Crippen molar-refractivity contribution < 1.29 is 0 Å². The number of hydrogen-bond donors (Lipinski definition) is 0. The highest BCUT2D eigenvalue weighted by molar-refractivity contribution is 5.88. The third kappa shape index (κ3) is 3.01. The van der Waals surface area contributed by atoms with Crippen LogP contribution in [0.5, 0.6) is 0 Å². The summed E-state index contributed by atoms with van der Waals surface area (Å²) < 4.78 is 0. The molecule has 1 aliphatic rings. The van der Waals surface area contributed by atoms with Gasteiger partial charge in [-0.3, -0.25) is 0 Å². The highest BCUT2D eigenvalue weighted by atomic mass is 15.1. The summed E-state index contributed by atoms with van der Waals surface area (Å²) in [7, 11) is 2.15. The first-order chi connectivity index (χ1) is 16.7. The van der Waals surface area contributed by atoms with Crippen LogP contribution in [-0.4, -0.2) is 7.05 Å². The van der Waals surface area contributed by atoms with E-state index in [0.717, 1.165) is 0 Å². The molecule has 1 aliphatic carbocycles. The number of nitrogens with zero attached hydrogens (tertiary/aromatic N) is 1. The van der Waals surface area contributed by atoms with Crippen molar-refractivity contribution in [2.75, 3.05) is 11.9 Å². The Morgan fingerprint density at radius 2 is 1.03 bits per heavy atom. The Labute approximate surface area is 202 Å². The van der Waals surface area contributed by atoms with E-state index in [1.807, 2.05) is 0 Å². The van der Waals surface area contributed by atoms with Crippen LogP contribution < -0.4 is 4.90 Å². The van der Waals surface area contributed by atoms with Crippen molar-refractivity contribution in [3.05, 3.63) is 155 Å². The largest absolute Gasteiger partial charge is 0.345 e. The van der Waals surface area contributed by atoms with Crippen molar-refractivity contribution in [3.8, 4) is 11.1 Å². The van der Waals surface area contributed by atoms with E-state index in [4.69, 9.17) is 0 Å². The Bertz CT molecular complexity index is 1410. The molecule has 0 saturated carbocycles. The zero-order valence-electron chi connectivity index (χ0n) is 19.6. The van der Waals surface area contributed by atoms with Gasteiger partial charge in [0.2, 0.25) is 0 Å². The van der Waals surface area contributed by atoms with Gasteiger partial charge in [-0.2, -0.15) is 0 Å². The van der Waals surface area contributed by atoms with Gasteiger partial charge < -0.3 is 4.90 Å². The summed E-state index contributed by atoms with van der Waals surface area (Å²) in [6.07, 6.45) is 0. The molecule has 0 aromatic heterocycles. The minimum absolute atomic E-state index is 0.363. The van der Waals surface area contributed by atoms with Gasteiger partial charge in [-0.1, -0.05) is 109 Å². The number of aryl methyl sites for hydroxylation is 1. The van der Waals surface area contributed by atoms with E-state index in [1.54, 1.807) is 0 Å². The van der Waals surface area contributed by atoms with Crippen LogP contribution in [-0.2, 0) is 5.41 Å². The zero-order valence-corrected chi connectivity index (χ0v) is 19.6. The number of fused-ring (bicyclic) bond motifs is 3. The predicted octanol–water partition coefficient (Wildman–Crippen LogP) is 8.13. The molecule has 1 heteroatoms. The Morgan fingerprint density at radius 3 is 1.68 bits per heavy atom. The molecule has 0 heterocycles. The van der Waals surface area contributed by atoms with E-state index in [9.17, 15) is 0 Å². The van der Waals surface area contributed by atoms with E-state index in [-0.39, 0.29) is 5.41 Å². The quantitative estimate of drug-likeness (QED) is 0.269. The van der Waals surface area contributed by atoms with E-state index in [0.29, 0.717) is 0 Å². The average Bonchev–Trinajstić information content (AvgIpc) is 3.20. The molecule has 6 rings (SSSR count). The van der Waals surface area contributed by atoms with Crippen molar-refractivity contribution in [3.63, 3.8) is 0 Å². The first-order valence-corrected chi connectivity index (χ1v) is 11.9. The van der Waals surface area contributed by atoms with Gasteiger partial charge in [0, 0.05) is 18.4 Å². The normalized spacial score (nSPS) is 13.2. The van der Waals surface area contributed by atoms with E-state index in [1.165, 1.54) is 50.3 Å². The number of benzene rings is 5. The Balaban J connectivity index is 1.65. The number of rotatable bonds is 4. The second-order valence-electron chi connectivity index (χ2n) is 9.15. The summed E-state index contributed by atoms with van der Waals surface area (Å²) >= 11 is 0. The SMILES string of the molecule is Cc1ccc(N(C)c2ccc3c(c2)C(c2ccccc2)(c2ccccc2)c2ccccc2-3)cc1. The van der Waals surface area contributed by atoms with Crippen LogP contribution >= 0.6 is 0 Å². The number of hydrogen-bond acceptors (Lipinski definition) is 1. The maximum atomic E-state index is 2.40. The molecule has 0 aliphatic heterocycles. The highest BCUT2D eigenvalue weighted by Crippen LogP contribution is 2.56. The van der Waals surface area contributed by atoms with Crippen LogP contribution in [0, 0.1) is 6.92 Å². The molecule has 1 nitrogen and oxygen atoms in total. The molecular formula is C33H27N. The number of anilines is 2. The van der Waals surface area contributed by atoms with Gasteiger partial charge in [0.05, 0.1) is 5.41 Å². The lowest BCUT2D eigenvalue weighted by Gasteiger charge is -2.34. The molecular weight excluding hydrogens is 410 g/mol. The van der Waals surface area contributed by atoms with Crippen LogP contribution in [0.3, 0.4) is 0 Å². The first-order valence-electron chi connectivity index (χ1n) is 11.9. The molecule has 34 heavy (non-hydrogen) atoms. The second-order valence-corrected chi connectivity index (χ2v) is 9.15. The highest BCUT2D eigenvalue weighted by Gasteiger charge is 2.46. The molecule has 0 spiro atoms. The van der Waals surface area contributed by atoms with E-state index in [2.05, 4.69) is 146 Å². The third-order valence-electron chi connectivity index (χ3n) is 7.25. The molecule has 0 N–H and O–H groups in total. The lowest BCUT2D eigenvalue weighted by atomic mass is 9.67. The summed E-state index contributed by atoms with van der Waals surface area (Å²) in [5.41, 5.74) is 11.2. The van der Waals surface area contributed by atoms with Crippen LogP contribution in [0.4, 0.5) is 11.4 Å². The van der Waals surface area contributed by atoms with Gasteiger partial charge in [0.1, 0.15) is 0 Å². The molecule has 0 fully saturated rings. The molecule has 5 aromatic rings. The van der Waals surface area contributed by atoms with Gasteiger partial charge in [-0.25, -0.2) is 0 Å². The van der Waals surface area contributed by atoms with Gasteiger partial charge in [-0.05, 0) is 64.6 Å². The summed E-state index contributed by atoms with van der Waals surface area (Å²) in [6, 6.07) is 46.5. The predicted molar refractivity (Wildman–Crippen MR) is 143 cm³/mol. The lowest BCUT2D eigenvalue weighted by Crippen LogP contribution is -2.28. The molecule has 0 saturated heterocycles. The second kappa shape index (κ2) is 8.04. The maximum absolute atomic E-state index is 2.40.